The summed E-state index contributed by atoms with van der Waals surface area (Å²) in [5, 5.41) is 1.32. The molecular formula is C19H19Cl2NO2. The average Bonchev–Trinajstić information content (AvgIpc) is 2.55. The second-order valence-corrected chi connectivity index (χ2v) is 6.89. The Hall–Kier alpha value is -1.55. The van der Waals surface area contributed by atoms with Crippen molar-refractivity contribution in [3.63, 3.8) is 0 Å². The Labute approximate surface area is 152 Å². The molecule has 1 unspecified atom stereocenters. The second-order valence-electron chi connectivity index (χ2n) is 6.05. The van der Waals surface area contributed by atoms with Gasteiger partial charge < -0.3 is 9.64 Å². The quantitative estimate of drug-likeness (QED) is 0.737. The fraction of sp³-hybridized carbons (Fsp3) is 0.316. The third-order valence-electron chi connectivity index (χ3n) is 4.29. The molecule has 126 valence electrons. The normalized spacial score (nSPS) is 17.4. The fourth-order valence-electron chi connectivity index (χ4n) is 3.23. The molecule has 3 nitrogen and oxygen atoms in total. The Morgan fingerprint density at radius 1 is 1.29 bits per heavy atom. The van der Waals surface area contributed by atoms with Gasteiger partial charge in [0.05, 0.1) is 12.2 Å². The topological polar surface area (TPSA) is 29.5 Å². The lowest BCUT2D eigenvalue weighted by Gasteiger charge is -2.33. The van der Waals surface area contributed by atoms with Gasteiger partial charge in [0.2, 0.25) is 0 Å². The highest BCUT2D eigenvalue weighted by Gasteiger charge is 2.27. The predicted molar refractivity (Wildman–Crippen MR) is 97.0 cm³/mol. The number of hydrogen-bond donors (Lipinski definition) is 0. The summed E-state index contributed by atoms with van der Waals surface area (Å²) in [6, 6.07) is 11.4. The number of esters is 1. The molecular weight excluding hydrogens is 345 g/mol. The van der Waals surface area contributed by atoms with Crippen molar-refractivity contribution in [2.75, 3.05) is 20.2 Å². The summed E-state index contributed by atoms with van der Waals surface area (Å²) in [6.07, 6.45) is 0. The molecule has 1 aliphatic heterocycles. The summed E-state index contributed by atoms with van der Waals surface area (Å²) < 4.78 is 5.11. The minimum atomic E-state index is -0.298. The molecule has 0 bridgehead atoms. The Bertz CT molecular complexity index is 776. The lowest BCUT2D eigenvalue weighted by atomic mass is 9.84. The predicted octanol–water partition coefficient (Wildman–Crippen LogP) is 4.75. The maximum absolute atomic E-state index is 12.0. The number of benzene rings is 2. The van der Waals surface area contributed by atoms with Crippen LogP contribution in [0, 0.1) is 0 Å². The third kappa shape index (κ3) is 3.44. The number of rotatable bonds is 3. The molecule has 0 amide bonds. The molecule has 0 saturated heterocycles. The summed E-state index contributed by atoms with van der Waals surface area (Å²) in [5.41, 5.74) is 3.86. The van der Waals surface area contributed by atoms with Crippen molar-refractivity contribution in [3.8, 4) is 0 Å². The van der Waals surface area contributed by atoms with Crippen molar-refractivity contribution in [3.05, 3.63) is 68.7 Å². The lowest BCUT2D eigenvalue weighted by Crippen LogP contribution is -2.31. The van der Waals surface area contributed by atoms with E-state index >= 15 is 0 Å². The van der Waals surface area contributed by atoms with Gasteiger partial charge in [0.1, 0.15) is 0 Å². The highest BCUT2D eigenvalue weighted by molar-refractivity contribution is 6.35. The maximum atomic E-state index is 12.0. The van der Waals surface area contributed by atoms with Crippen molar-refractivity contribution in [2.45, 2.75) is 19.4 Å². The van der Waals surface area contributed by atoms with Gasteiger partial charge in [-0.1, -0.05) is 35.3 Å². The zero-order valence-electron chi connectivity index (χ0n) is 13.7. The summed E-state index contributed by atoms with van der Waals surface area (Å²) in [6.45, 7) is 3.80. The van der Waals surface area contributed by atoms with Gasteiger partial charge in [0, 0.05) is 29.1 Å². The number of fused-ring (bicyclic) bond motifs is 1. The van der Waals surface area contributed by atoms with Crippen LogP contribution < -0.4 is 0 Å². The van der Waals surface area contributed by atoms with E-state index in [9.17, 15) is 4.79 Å². The van der Waals surface area contributed by atoms with Gasteiger partial charge in [-0.05, 0) is 54.9 Å². The van der Waals surface area contributed by atoms with Crippen LogP contribution in [0.4, 0.5) is 0 Å². The van der Waals surface area contributed by atoms with Gasteiger partial charge in [-0.25, -0.2) is 4.79 Å². The van der Waals surface area contributed by atoms with Crippen molar-refractivity contribution in [1.29, 1.82) is 0 Å². The average molecular weight is 364 g/mol. The molecule has 3 rings (SSSR count). The monoisotopic (exact) mass is 363 g/mol. The maximum Gasteiger partial charge on any atom is 0.338 e. The van der Waals surface area contributed by atoms with Gasteiger partial charge in [-0.3, -0.25) is 0 Å². The first kappa shape index (κ1) is 17.3. The SMILES string of the molecule is CCOC(=O)c1cccc(C2CN(C)Cc3c(Cl)cc(Cl)cc32)c1. The van der Waals surface area contributed by atoms with E-state index in [-0.39, 0.29) is 11.9 Å². The molecule has 0 spiro atoms. The van der Waals surface area contributed by atoms with Crippen LogP contribution in [0.1, 0.15) is 39.9 Å². The molecule has 1 atom stereocenters. The summed E-state index contributed by atoms with van der Waals surface area (Å²) >= 11 is 12.6. The zero-order chi connectivity index (χ0) is 17.3. The van der Waals surface area contributed by atoms with Gasteiger partial charge in [-0.2, -0.15) is 0 Å². The summed E-state index contributed by atoms with van der Waals surface area (Å²) in [5.74, 6) is -0.183. The van der Waals surface area contributed by atoms with Crippen molar-refractivity contribution < 1.29 is 9.53 Å². The van der Waals surface area contributed by atoms with Gasteiger partial charge in [0.15, 0.2) is 0 Å². The minimum Gasteiger partial charge on any atom is -0.462 e. The first-order valence-corrected chi connectivity index (χ1v) is 8.68. The number of likely N-dealkylation sites (N-methyl/N-ethyl adjacent to an activating group) is 1. The molecule has 0 aromatic heterocycles. The Balaban J connectivity index is 2.05. The highest BCUT2D eigenvalue weighted by Crippen LogP contribution is 2.38. The van der Waals surface area contributed by atoms with Crippen LogP contribution in [0.2, 0.25) is 10.0 Å². The summed E-state index contributed by atoms with van der Waals surface area (Å²) in [7, 11) is 2.07. The van der Waals surface area contributed by atoms with E-state index < -0.39 is 0 Å². The van der Waals surface area contributed by atoms with E-state index in [1.807, 2.05) is 24.3 Å². The standard InChI is InChI=1S/C19H19Cl2NO2/c1-3-24-19(23)13-6-4-5-12(7-13)16-10-22(2)11-17-15(16)8-14(20)9-18(17)21/h4-9,16H,3,10-11H2,1-2H3. The number of halogens is 2. The molecule has 5 heteroatoms. The molecule has 0 radical (unpaired) electrons. The molecule has 0 fully saturated rings. The van der Waals surface area contributed by atoms with Crippen LogP contribution in [-0.2, 0) is 11.3 Å². The van der Waals surface area contributed by atoms with Crippen LogP contribution in [0.15, 0.2) is 36.4 Å². The first-order valence-electron chi connectivity index (χ1n) is 7.93. The van der Waals surface area contributed by atoms with Crippen molar-refractivity contribution in [1.82, 2.24) is 4.90 Å². The fourth-order valence-corrected chi connectivity index (χ4v) is 3.80. The molecule has 2 aromatic carbocycles. The molecule has 2 aromatic rings. The highest BCUT2D eigenvalue weighted by atomic mass is 35.5. The van der Waals surface area contributed by atoms with E-state index in [4.69, 9.17) is 27.9 Å². The van der Waals surface area contributed by atoms with E-state index in [2.05, 4.69) is 11.9 Å². The number of carbonyl (C=O) groups is 1. The molecule has 24 heavy (non-hydrogen) atoms. The largest absolute Gasteiger partial charge is 0.462 e. The van der Waals surface area contributed by atoms with Crippen LogP contribution in [-0.4, -0.2) is 31.1 Å². The van der Waals surface area contributed by atoms with Crippen molar-refractivity contribution >= 4 is 29.2 Å². The lowest BCUT2D eigenvalue weighted by molar-refractivity contribution is 0.0526. The second kappa shape index (κ2) is 7.14. The van der Waals surface area contributed by atoms with E-state index in [0.717, 1.165) is 29.8 Å². The smallest absolute Gasteiger partial charge is 0.338 e. The van der Waals surface area contributed by atoms with Crippen LogP contribution in [0.5, 0.6) is 0 Å². The minimum absolute atomic E-state index is 0.115. The number of nitrogens with zero attached hydrogens (tertiary/aromatic N) is 1. The molecule has 0 aliphatic carbocycles. The van der Waals surface area contributed by atoms with E-state index in [1.165, 1.54) is 0 Å². The Morgan fingerprint density at radius 2 is 2.08 bits per heavy atom. The molecule has 1 aliphatic rings. The Morgan fingerprint density at radius 3 is 2.83 bits per heavy atom. The van der Waals surface area contributed by atoms with E-state index in [1.54, 1.807) is 19.1 Å². The van der Waals surface area contributed by atoms with Crippen LogP contribution in [0.3, 0.4) is 0 Å². The number of carbonyl (C=O) groups excluding carboxylic acids is 1. The number of hydrogen-bond acceptors (Lipinski definition) is 3. The third-order valence-corrected chi connectivity index (χ3v) is 4.85. The number of ether oxygens (including phenoxy) is 1. The Kier molecular flexibility index (Phi) is 5.14. The molecule has 0 N–H and O–H groups in total. The first-order chi connectivity index (χ1) is 11.5. The molecule has 1 heterocycles. The summed E-state index contributed by atoms with van der Waals surface area (Å²) in [4.78, 5) is 14.2. The van der Waals surface area contributed by atoms with Gasteiger partial charge in [-0.15, -0.1) is 0 Å². The van der Waals surface area contributed by atoms with Gasteiger partial charge in [0.25, 0.3) is 0 Å². The van der Waals surface area contributed by atoms with E-state index in [0.29, 0.717) is 22.2 Å². The zero-order valence-corrected chi connectivity index (χ0v) is 15.2. The van der Waals surface area contributed by atoms with Crippen molar-refractivity contribution in [2.24, 2.45) is 0 Å². The van der Waals surface area contributed by atoms with Crippen LogP contribution >= 0.6 is 23.2 Å². The van der Waals surface area contributed by atoms with Gasteiger partial charge >= 0.3 is 5.97 Å². The molecule has 0 saturated carbocycles. The van der Waals surface area contributed by atoms with Crippen LogP contribution in [0.25, 0.3) is 0 Å².